The first-order valence-electron chi connectivity index (χ1n) is 6.29. The van der Waals surface area contributed by atoms with Gasteiger partial charge in [0.1, 0.15) is 5.82 Å². The summed E-state index contributed by atoms with van der Waals surface area (Å²) in [7, 11) is 1.59. The maximum atomic E-state index is 13.0. The minimum Gasteiger partial charge on any atom is -0.398 e. The van der Waals surface area contributed by atoms with Gasteiger partial charge in [0.2, 0.25) is 0 Å². The summed E-state index contributed by atoms with van der Waals surface area (Å²) < 4.78 is 18.0. The number of nitrogen functional groups attached to an aromatic ring is 1. The summed E-state index contributed by atoms with van der Waals surface area (Å²) in [5, 5.41) is 0. The summed E-state index contributed by atoms with van der Waals surface area (Å²) in [6.45, 7) is 5.62. The van der Waals surface area contributed by atoms with Gasteiger partial charge in [0.15, 0.2) is 0 Å². The van der Waals surface area contributed by atoms with Crippen LogP contribution in [0, 0.1) is 11.7 Å². The molecule has 0 aliphatic carbocycles. The molecule has 0 saturated heterocycles. The van der Waals surface area contributed by atoms with Gasteiger partial charge in [-0.25, -0.2) is 4.39 Å². The van der Waals surface area contributed by atoms with Crippen molar-refractivity contribution < 1.29 is 13.9 Å². The minimum absolute atomic E-state index is 0.163. The monoisotopic (exact) mass is 268 g/mol. The van der Waals surface area contributed by atoms with Gasteiger partial charge in [0.05, 0.1) is 12.2 Å². The Hall–Kier alpha value is -1.62. The van der Waals surface area contributed by atoms with Crippen LogP contribution in [0.25, 0.3) is 0 Å². The molecule has 5 heteroatoms. The van der Waals surface area contributed by atoms with Crippen molar-refractivity contribution >= 4 is 11.6 Å². The number of hydrogen-bond donors (Lipinski definition) is 1. The van der Waals surface area contributed by atoms with Crippen molar-refractivity contribution in [3.8, 4) is 0 Å². The second kappa shape index (κ2) is 7.09. The maximum absolute atomic E-state index is 13.0. The van der Waals surface area contributed by atoms with Crippen molar-refractivity contribution in [3.63, 3.8) is 0 Å². The fraction of sp³-hybridized carbons (Fsp3) is 0.500. The van der Waals surface area contributed by atoms with Crippen LogP contribution in [0.4, 0.5) is 10.1 Å². The third-order valence-corrected chi connectivity index (χ3v) is 2.68. The van der Waals surface area contributed by atoms with E-state index in [1.165, 1.54) is 12.1 Å². The largest absolute Gasteiger partial charge is 0.398 e. The van der Waals surface area contributed by atoms with Gasteiger partial charge in [-0.1, -0.05) is 13.8 Å². The lowest BCUT2D eigenvalue weighted by Crippen LogP contribution is -2.37. The van der Waals surface area contributed by atoms with Gasteiger partial charge in [-0.15, -0.1) is 0 Å². The highest BCUT2D eigenvalue weighted by atomic mass is 19.1. The molecule has 0 bridgehead atoms. The van der Waals surface area contributed by atoms with Gasteiger partial charge < -0.3 is 15.4 Å². The normalized spacial score (nSPS) is 10.8. The van der Waals surface area contributed by atoms with Crippen molar-refractivity contribution in [3.05, 3.63) is 29.6 Å². The zero-order chi connectivity index (χ0) is 14.4. The van der Waals surface area contributed by atoms with Gasteiger partial charge in [0.25, 0.3) is 5.91 Å². The average Bonchev–Trinajstić information content (AvgIpc) is 2.33. The molecule has 0 aromatic heterocycles. The van der Waals surface area contributed by atoms with Crippen molar-refractivity contribution in [2.75, 3.05) is 32.5 Å². The molecule has 1 aromatic carbocycles. The lowest BCUT2D eigenvalue weighted by atomic mass is 10.1. The standard InChI is InChI=1S/C14H21FN2O2/c1-10(2)9-17(6-7-19-3)14(18)12-5-4-11(15)8-13(12)16/h4-5,8,10H,6-7,9,16H2,1-3H3. The fourth-order valence-corrected chi connectivity index (χ4v) is 1.82. The molecule has 4 nitrogen and oxygen atoms in total. The number of nitrogens with two attached hydrogens (primary N) is 1. The Balaban J connectivity index is 2.90. The maximum Gasteiger partial charge on any atom is 0.256 e. The van der Waals surface area contributed by atoms with Gasteiger partial charge in [-0.3, -0.25) is 4.79 Å². The van der Waals surface area contributed by atoms with E-state index in [2.05, 4.69) is 0 Å². The number of rotatable bonds is 6. The minimum atomic E-state index is -0.443. The Morgan fingerprint density at radius 1 is 1.47 bits per heavy atom. The van der Waals surface area contributed by atoms with E-state index in [-0.39, 0.29) is 11.6 Å². The number of halogens is 1. The third-order valence-electron chi connectivity index (χ3n) is 2.68. The van der Waals surface area contributed by atoms with Crippen molar-refractivity contribution in [2.24, 2.45) is 5.92 Å². The Bertz CT molecular complexity index is 435. The average molecular weight is 268 g/mol. The SMILES string of the molecule is COCCN(CC(C)C)C(=O)c1ccc(F)cc1N. The van der Waals surface area contributed by atoms with Crippen LogP contribution in [-0.2, 0) is 4.74 Å². The molecule has 1 amide bonds. The number of carbonyl (C=O) groups is 1. The van der Waals surface area contributed by atoms with E-state index >= 15 is 0 Å². The molecule has 106 valence electrons. The summed E-state index contributed by atoms with van der Waals surface area (Å²) in [5.41, 5.74) is 6.20. The highest BCUT2D eigenvalue weighted by molar-refractivity contribution is 5.99. The zero-order valence-corrected chi connectivity index (χ0v) is 11.6. The lowest BCUT2D eigenvalue weighted by molar-refractivity contribution is 0.0673. The van der Waals surface area contributed by atoms with Crippen LogP contribution in [-0.4, -0.2) is 37.6 Å². The second-order valence-corrected chi connectivity index (χ2v) is 4.87. The Labute approximate surface area is 113 Å². The van der Waals surface area contributed by atoms with Crippen LogP contribution >= 0.6 is 0 Å². The van der Waals surface area contributed by atoms with E-state index in [1.54, 1.807) is 12.0 Å². The summed E-state index contributed by atoms with van der Waals surface area (Å²) in [4.78, 5) is 14.1. The van der Waals surface area contributed by atoms with Crippen LogP contribution in [0.15, 0.2) is 18.2 Å². The Morgan fingerprint density at radius 3 is 2.68 bits per heavy atom. The molecule has 0 aliphatic rings. The highest BCUT2D eigenvalue weighted by Crippen LogP contribution is 2.16. The molecular formula is C14H21FN2O2. The molecule has 0 unspecified atom stereocenters. The zero-order valence-electron chi connectivity index (χ0n) is 11.6. The molecule has 0 heterocycles. The first-order chi connectivity index (χ1) is 8.95. The first-order valence-corrected chi connectivity index (χ1v) is 6.29. The van der Waals surface area contributed by atoms with E-state index < -0.39 is 5.82 Å². The number of hydrogen-bond acceptors (Lipinski definition) is 3. The van der Waals surface area contributed by atoms with Crippen molar-refractivity contribution in [2.45, 2.75) is 13.8 Å². The first kappa shape index (κ1) is 15.4. The van der Waals surface area contributed by atoms with Gasteiger partial charge in [-0.05, 0) is 24.1 Å². The van der Waals surface area contributed by atoms with Crippen LogP contribution in [0.3, 0.4) is 0 Å². The van der Waals surface area contributed by atoms with E-state index in [0.717, 1.165) is 6.07 Å². The molecule has 1 aromatic rings. The van der Waals surface area contributed by atoms with Gasteiger partial charge >= 0.3 is 0 Å². The highest BCUT2D eigenvalue weighted by Gasteiger charge is 2.19. The van der Waals surface area contributed by atoms with Crippen LogP contribution in [0.1, 0.15) is 24.2 Å². The number of benzene rings is 1. The molecule has 0 aliphatic heterocycles. The second-order valence-electron chi connectivity index (χ2n) is 4.87. The van der Waals surface area contributed by atoms with Gasteiger partial charge in [0, 0.05) is 25.9 Å². The third kappa shape index (κ3) is 4.52. The molecule has 0 fully saturated rings. The molecule has 0 saturated carbocycles. The summed E-state index contributed by atoms with van der Waals surface area (Å²) in [6, 6.07) is 3.83. The Kier molecular flexibility index (Phi) is 5.76. The molecule has 2 N–H and O–H groups in total. The van der Waals surface area contributed by atoms with Gasteiger partial charge in [-0.2, -0.15) is 0 Å². The number of carbonyl (C=O) groups excluding carboxylic acids is 1. The van der Waals surface area contributed by atoms with Crippen LogP contribution < -0.4 is 5.73 Å². The van der Waals surface area contributed by atoms with Crippen LogP contribution in [0.5, 0.6) is 0 Å². The lowest BCUT2D eigenvalue weighted by Gasteiger charge is -2.25. The van der Waals surface area contributed by atoms with Crippen molar-refractivity contribution in [1.29, 1.82) is 0 Å². The molecule has 0 spiro atoms. The number of amides is 1. The number of ether oxygens (including phenoxy) is 1. The van der Waals surface area contributed by atoms with E-state index in [0.29, 0.717) is 31.2 Å². The van der Waals surface area contributed by atoms with Crippen LogP contribution in [0.2, 0.25) is 0 Å². The summed E-state index contributed by atoms with van der Waals surface area (Å²) in [6.07, 6.45) is 0. The predicted octanol–water partition coefficient (Wildman–Crippen LogP) is 2.15. The molecule has 1 rings (SSSR count). The molecule has 19 heavy (non-hydrogen) atoms. The number of anilines is 1. The Morgan fingerprint density at radius 2 is 2.16 bits per heavy atom. The topological polar surface area (TPSA) is 55.6 Å². The van der Waals surface area contributed by atoms with E-state index in [4.69, 9.17) is 10.5 Å². The smallest absolute Gasteiger partial charge is 0.256 e. The van der Waals surface area contributed by atoms with E-state index in [9.17, 15) is 9.18 Å². The number of methoxy groups -OCH3 is 1. The fourth-order valence-electron chi connectivity index (χ4n) is 1.82. The molecule has 0 atom stereocenters. The molecular weight excluding hydrogens is 247 g/mol. The number of nitrogens with zero attached hydrogens (tertiary/aromatic N) is 1. The van der Waals surface area contributed by atoms with E-state index in [1.807, 2.05) is 13.8 Å². The van der Waals surface area contributed by atoms with Crippen molar-refractivity contribution in [1.82, 2.24) is 4.90 Å². The summed E-state index contributed by atoms with van der Waals surface area (Å²) >= 11 is 0. The quantitative estimate of drug-likeness (QED) is 0.804. The molecule has 0 radical (unpaired) electrons. The predicted molar refractivity (Wildman–Crippen MR) is 73.4 cm³/mol. The summed E-state index contributed by atoms with van der Waals surface area (Å²) in [5.74, 6) is -0.299.